The quantitative estimate of drug-likeness (QED) is 0.828. The van der Waals surface area contributed by atoms with E-state index in [9.17, 15) is 9.59 Å². The van der Waals surface area contributed by atoms with Gasteiger partial charge >= 0.3 is 0 Å². The van der Waals surface area contributed by atoms with Gasteiger partial charge in [0.1, 0.15) is 17.9 Å². The Morgan fingerprint density at radius 2 is 2.00 bits per heavy atom. The number of benzene rings is 1. The van der Waals surface area contributed by atoms with Gasteiger partial charge in [-0.25, -0.2) is 4.39 Å². The highest BCUT2D eigenvalue weighted by Crippen LogP contribution is 2.42. The van der Waals surface area contributed by atoms with Gasteiger partial charge in [-0.2, -0.15) is 0 Å². The first-order valence-corrected chi connectivity index (χ1v) is 10.5. The largest absolute Gasteiger partial charge is 0.487 e. The van der Waals surface area contributed by atoms with Gasteiger partial charge in [0.25, 0.3) is 5.91 Å². The molecule has 162 valence electrons. The van der Waals surface area contributed by atoms with Crippen molar-refractivity contribution < 1.29 is 13.9 Å². The molecular formula is C22H29FN4O3. The fraction of sp³-hybridized carbons (Fsp3) is 0.545. The number of nitrogens with zero attached hydrogens (tertiary/aromatic N) is 3. The van der Waals surface area contributed by atoms with Gasteiger partial charge in [-0.3, -0.25) is 9.59 Å². The van der Waals surface area contributed by atoms with E-state index < -0.39 is 17.2 Å². The second kappa shape index (κ2) is 7.91. The number of anilines is 1. The van der Waals surface area contributed by atoms with Crippen LogP contribution in [0.2, 0.25) is 0 Å². The zero-order valence-electron chi connectivity index (χ0n) is 18.0. The van der Waals surface area contributed by atoms with Crippen molar-refractivity contribution in [3.05, 3.63) is 33.9 Å². The summed E-state index contributed by atoms with van der Waals surface area (Å²) in [6.07, 6.45) is 1.60. The monoisotopic (exact) mass is 416 g/mol. The highest BCUT2D eigenvalue weighted by molar-refractivity contribution is 6.00. The number of ether oxygens (including phenoxy) is 1. The maximum atomic E-state index is 15.3. The Balaban J connectivity index is 1.87. The lowest BCUT2D eigenvalue weighted by atomic mass is 10.0. The van der Waals surface area contributed by atoms with Gasteiger partial charge in [0, 0.05) is 38.9 Å². The van der Waals surface area contributed by atoms with Crippen LogP contribution in [0, 0.1) is 11.7 Å². The molecule has 0 unspecified atom stereocenters. The number of nitrogens with one attached hydrogen (secondary N) is 1. The number of aromatic nitrogens is 1. The Hall–Kier alpha value is -2.61. The lowest BCUT2D eigenvalue weighted by Gasteiger charge is -2.37. The van der Waals surface area contributed by atoms with Crippen molar-refractivity contribution in [3.63, 3.8) is 0 Å². The second-order valence-electron chi connectivity index (χ2n) is 8.77. The van der Waals surface area contributed by atoms with Crippen molar-refractivity contribution in [2.24, 2.45) is 5.92 Å². The van der Waals surface area contributed by atoms with E-state index in [1.807, 2.05) is 37.3 Å². The number of rotatable bonds is 4. The number of carbonyl (C=O) groups is 1. The van der Waals surface area contributed by atoms with Crippen LogP contribution in [0.15, 0.2) is 17.1 Å². The van der Waals surface area contributed by atoms with Gasteiger partial charge < -0.3 is 24.4 Å². The minimum atomic E-state index is -0.486. The van der Waals surface area contributed by atoms with Gasteiger partial charge in [0.2, 0.25) is 5.43 Å². The van der Waals surface area contributed by atoms with Crippen LogP contribution in [0.5, 0.6) is 5.75 Å². The fourth-order valence-corrected chi connectivity index (χ4v) is 4.09. The number of hydrogen-bond donors (Lipinski definition) is 1. The second-order valence-corrected chi connectivity index (χ2v) is 8.77. The van der Waals surface area contributed by atoms with E-state index in [0.29, 0.717) is 43.2 Å². The van der Waals surface area contributed by atoms with Crippen LogP contribution in [0.25, 0.3) is 10.9 Å². The molecule has 0 aliphatic carbocycles. The van der Waals surface area contributed by atoms with E-state index in [1.165, 1.54) is 6.07 Å². The van der Waals surface area contributed by atoms with Crippen molar-refractivity contribution in [3.8, 4) is 5.75 Å². The van der Waals surface area contributed by atoms with E-state index in [-0.39, 0.29) is 22.9 Å². The van der Waals surface area contributed by atoms with E-state index in [0.717, 1.165) is 13.1 Å². The number of hydrogen-bond acceptors (Lipinski definition) is 5. The SMILES string of the molecule is CC(C)CNC(=O)c1cn2c3c(c(N4CCN(C)CC4)c(F)cc3c1=O)OC[C@@H]2C. The van der Waals surface area contributed by atoms with E-state index in [4.69, 9.17) is 4.74 Å². The summed E-state index contributed by atoms with van der Waals surface area (Å²) in [5, 5.41) is 2.98. The zero-order valence-corrected chi connectivity index (χ0v) is 18.0. The van der Waals surface area contributed by atoms with E-state index in [2.05, 4.69) is 10.2 Å². The van der Waals surface area contributed by atoms with Crippen LogP contribution < -0.4 is 20.4 Å². The predicted octanol–water partition coefficient (Wildman–Crippen LogP) is 2.23. The van der Waals surface area contributed by atoms with Gasteiger partial charge in [-0.1, -0.05) is 13.8 Å². The number of piperazine rings is 1. The van der Waals surface area contributed by atoms with Crippen LogP contribution in [-0.4, -0.2) is 61.8 Å². The van der Waals surface area contributed by atoms with Crippen LogP contribution in [0.3, 0.4) is 0 Å². The number of amides is 1. The molecule has 1 atom stereocenters. The Morgan fingerprint density at radius 1 is 1.30 bits per heavy atom. The number of carbonyl (C=O) groups excluding carboxylic acids is 1. The highest BCUT2D eigenvalue weighted by atomic mass is 19.1. The Kier molecular flexibility index (Phi) is 5.44. The third-order valence-electron chi connectivity index (χ3n) is 5.88. The first-order chi connectivity index (χ1) is 14.3. The van der Waals surface area contributed by atoms with E-state index >= 15 is 4.39 Å². The summed E-state index contributed by atoms with van der Waals surface area (Å²) in [6.45, 7) is 9.77. The normalized spacial score (nSPS) is 19.3. The molecule has 0 spiro atoms. The first-order valence-electron chi connectivity index (χ1n) is 10.5. The fourth-order valence-electron chi connectivity index (χ4n) is 4.09. The molecular weight excluding hydrogens is 387 g/mol. The van der Waals surface area contributed by atoms with Crippen molar-refractivity contribution in [1.29, 1.82) is 0 Å². The molecule has 2 aromatic rings. The van der Waals surface area contributed by atoms with E-state index in [1.54, 1.807) is 6.20 Å². The third kappa shape index (κ3) is 3.53. The Bertz CT molecular complexity index is 1040. The summed E-state index contributed by atoms with van der Waals surface area (Å²) in [7, 11) is 2.04. The van der Waals surface area contributed by atoms with Crippen molar-refractivity contribution in [2.45, 2.75) is 26.8 Å². The molecule has 1 aromatic carbocycles. The number of halogens is 1. The molecule has 0 bridgehead atoms. The molecule has 4 rings (SSSR count). The average Bonchev–Trinajstić information content (AvgIpc) is 2.71. The van der Waals surface area contributed by atoms with Crippen molar-refractivity contribution in [1.82, 2.24) is 14.8 Å². The van der Waals surface area contributed by atoms with Crippen molar-refractivity contribution in [2.75, 3.05) is 51.3 Å². The molecule has 1 N–H and O–H groups in total. The third-order valence-corrected chi connectivity index (χ3v) is 5.88. The van der Waals surface area contributed by atoms with Gasteiger partial charge in [0.15, 0.2) is 11.6 Å². The summed E-state index contributed by atoms with van der Waals surface area (Å²) >= 11 is 0. The number of pyridine rings is 1. The summed E-state index contributed by atoms with van der Waals surface area (Å²) < 4.78 is 23.2. The first kappa shape index (κ1) is 20.7. The summed E-state index contributed by atoms with van der Waals surface area (Å²) in [5.74, 6) is -0.250. The maximum Gasteiger partial charge on any atom is 0.256 e. The molecule has 0 saturated carbocycles. The smallest absolute Gasteiger partial charge is 0.256 e. The number of likely N-dealkylation sites (N-methyl/N-ethyl adjacent to an activating group) is 1. The molecule has 1 aromatic heterocycles. The predicted molar refractivity (Wildman–Crippen MR) is 115 cm³/mol. The molecule has 7 nitrogen and oxygen atoms in total. The maximum absolute atomic E-state index is 15.3. The van der Waals surface area contributed by atoms with Crippen LogP contribution in [0.1, 0.15) is 37.2 Å². The van der Waals surface area contributed by atoms with Crippen LogP contribution >= 0.6 is 0 Å². The lowest BCUT2D eigenvalue weighted by Crippen LogP contribution is -2.45. The molecule has 2 aliphatic rings. The van der Waals surface area contributed by atoms with Gasteiger partial charge in [-0.05, 0) is 26.0 Å². The molecule has 1 fully saturated rings. The molecule has 1 saturated heterocycles. The summed E-state index contributed by atoms with van der Waals surface area (Å²) in [6, 6.07) is 1.19. The molecule has 0 radical (unpaired) electrons. The van der Waals surface area contributed by atoms with Crippen molar-refractivity contribution >= 4 is 22.5 Å². The standard InChI is InChI=1S/C22H29FN4O3/c1-13(2)10-24-22(29)16-11-27-14(3)12-30-21-18(27)15(20(16)28)9-17(23)19(21)26-7-5-25(4)6-8-26/h9,11,13-14H,5-8,10,12H2,1-4H3,(H,24,29)/t14-/m0/s1. The summed E-state index contributed by atoms with van der Waals surface area (Å²) in [4.78, 5) is 30.0. The molecule has 30 heavy (non-hydrogen) atoms. The Morgan fingerprint density at radius 3 is 2.67 bits per heavy atom. The minimum Gasteiger partial charge on any atom is -0.487 e. The summed E-state index contributed by atoms with van der Waals surface area (Å²) in [5.41, 5.74) is 0.544. The Labute approximate surface area is 175 Å². The van der Waals surface area contributed by atoms with Crippen LogP contribution in [-0.2, 0) is 0 Å². The highest BCUT2D eigenvalue weighted by Gasteiger charge is 2.31. The molecule has 2 aliphatic heterocycles. The van der Waals surface area contributed by atoms with Gasteiger partial charge in [0.05, 0.1) is 16.9 Å². The zero-order chi connectivity index (χ0) is 21.6. The molecule has 3 heterocycles. The molecule has 8 heteroatoms. The topological polar surface area (TPSA) is 66.8 Å². The van der Waals surface area contributed by atoms with Gasteiger partial charge in [-0.15, -0.1) is 0 Å². The lowest BCUT2D eigenvalue weighted by molar-refractivity contribution is 0.0947. The van der Waals surface area contributed by atoms with Crippen LogP contribution in [0.4, 0.5) is 10.1 Å². The molecule has 1 amide bonds. The average molecular weight is 416 g/mol. The minimum absolute atomic E-state index is 0.0367.